The Kier molecular flexibility index (Phi) is 3.08. The van der Waals surface area contributed by atoms with E-state index in [0.29, 0.717) is 11.8 Å². The van der Waals surface area contributed by atoms with Crippen molar-refractivity contribution in [2.45, 2.75) is 6.18 Å². The molecule has 0 bridgehead atoms. The van der Waals surface area contributed by atoms with Gasteiger partial charge in [0.1, 0.15) is 5.69 Å². The van der Waals surface area contributed by atoms with E-state index in [1.807, 2.05) is 4.98 Å². The van der Waals surface area contributed by atoms with Gasteiger partial charge in [-0.3, -0.25) is 9.36 Å². The van der Waals surface area contributed by atoms with Crippen molar-refractivity contribution >= 4 is 12.2 Å². The van der Waals surface area contributed by atoms with Crippen LogP contribution < -0.4 is 5.56 Å². The predicted octanol–water partition coefficient (Wildman–Crippen LogP) is 2.91. The summed E-state index contributed by atoms with van der Waals surface area (Å²) in [5.74, 6) is 0. The van der Waals surface area contributed by atoms with E-state index in [-0.39, 0.29) is 4.77 Å². The molecule has 1 heterocycles. The molecule has 0 fully saturated rings. The number of benzene rings is 1. The molecule has 0 saturated heterocycles. The van der Waals surface area contributed by atoms with Gasteiger partial charge in [-0.15, -0.1) is 0 Å². The predicted molar refractivity (Wildman–Crippen MR) is 62.2 cm³/mol. The van der Waals surface area contributed by atoms with Crippen LogP contribution in [0.2, 0.25) is 0 Å². The zero-order valence-corrected chi connectivity index (χ0v) is 9.68. The van der Waals surface area contributed by atoms with Crippen molar-refractivity contribution in [2.24, 2.45) is 0 Å². The van der Waals surface area contributed by atoms with Gasteiger partial charge in [0.05, 0.1) is 5.69 Å². The van der Waals surface area contributed by atoms with E-state index in [1.54, 1.807) is 30.3 Å². The summed E-state index contributed by atoms with van der Waals surface area (Å²) in [6.45, 7) is 0. The second-order valence-electron chi connectivity index (χ2n) is 3.50. The number of alkyl halides is 3. The van der Waals surface area contributed by atoms with Crippen LogP contribution in [0, 0.1) is 4.77 Å². The Morgan fingerprint density at radius 1 is 1.17 bits per heavy atom. The van der Waals surface area contributed by atoms with Gasteiger partial charge in [-0.2, -0.15) is 13.2 Å². The van der Waals surface area contributed by atoms with E-state index < -0.39 is 17.4 Å². The SMILES string of the molecule is O=c1cc(C(F)(F)F)[nH]c(=S)n1-c1ccccc1. The Balaban J connectivity index is 2.67. The normalized spacial score (nSPS) is 11.5. The molecule has 2 rings (SSSR count). The van der Waals surface area contributed by atoms with Gasteiger partial charge in [0.2, 0.25) is 0 Å². The van der Waals surface area contributed by atoms with Crippen molar-refractivity contribution in [1.29, 1.82) is 0 Å². The van der Waals surface area contributed by atoms with Gasteiger partial charge in [-0.1, -0.05) is 18.2 Å². The first-order chi connectivity index (χ1) is 8.39. The van der Waals surface area contributed by atoms with Crippen LogP contribution in [-0.4, -0.2) is 9.55 Å². The molecule has 0 spiro atoms. The third-order valence-corrected chi connectivity index (χ3v) is 2.54. The number of aromatic nitrogens is 2. The maximum absolute atomic E-state index is 12.5. The van der Waals surface area contributed by atoms with E-state index in [0.717, 1.165) is 4.57 Å². The largest absolute Gasteiger partial charge is 0.431 e. The molecule has 7 heteroatoms. The monoisotopic (exact) mass is 272 g/mol. The molecule has 94 valence electrons. The second-order valence-corrected chi connectivity index (χ2v) is 3.88. The number of halogens is 3. The van der Waals surface area contributed by atoms with Crippen molar-refractivity contribution < 1.29 is 13.2 Å². The van der Waals surface area contributed by atoms with E-state index in [4.69, 9.17) is 12.2 Å². The summed E-state index contributed by atoms with van der Waals surface area (Å²) >= 11 is 4.79. The second kappa shape index (κ2) is 4.41. The summed E-state index contributed by atoms with van der Waals surface area (Å²) in [5, 5.41) is 0. The molecule has 3 nitrogen and oxygen atoms in total. The summed E-state index contributed by atoms with van der Waals surface area (Å²) < 4.78 is 38.1. The molecular formula is C11H7F3N2OS. The van der Waals surface area contributed by atoms with E-state index in [2.05, 4.69) is 0 Å². The van der Waals surface area contributed by atoms with Gasteiger partial charge in [-0.05, 0) is 24.4 Å². The van der Waals surface area contributed by atoms with Crippen LogP contribution in [0.5, 0.6) is 0 Å². The summed E-state index contributed by atoms with van der Waals surface area (Å²) in [7, 11) is 0. The lowest BCUT2D eigenvalue weighted by Gasteiger charge is -2.09. The van der Waals surface area contributed by atoms with E-state index in [1.165, 1.54) is 0 Å². The molecule has 0 radical (unpaired) electrons. The topological polar surface area (TPSA) is 37.8 Å². The Hall–Kier alpha value is -1.89. The highest BCUT2D eigenvalue weighted by Crippen LogP contribution is 2.26. The minimum atomic E-state index is -4.62. The zero-order chi connectivity index (χ0) is 13.3. The minimum absolute atomic E-state index is 0.291. The van der Waals surface area contributed by atoms with Gasteiger partial charge >= 0.3 is 6.18 Å². The zero-order valence-electron chi connectivity index (χ0n) is 8.86. The fourth-order valence-electron chi connectivity index (χ4n) is 1.47. The third-order valence-electron chi connectivity index (χ3n) is 2.25. The molecule has 1 aromatic heterocycles. The summed E-state index contributed by atoms with van der Waals surface area (Å²) in [5.41, 5.74) is -1.56. The fraction of sp³-hybridized carbons (Fsp3) is 0.0909. The number of rotatable bonds is 1. The van der Waals surface area contributed by atoms with Crippen molar-refractivity contribution in [1.82, 2.24) is 9.55 Å². The van der Waals surface area contributed by atoms with Gasteiger partial charge in [0.15, 0.2) is 4.77 Å². The molecule has 0 atom stereocenters. The molecule has 2 aromatic rings. The van der Waals surface area contributed by atoms with Crippen molar-refractivity contribution in [2.75, 3.05) is 0 Å². The van der Waals surface area contributed by atoms with Crippen molar-refractivity contribution in [3.63, 3.8) is 0 Å². The number of hydrogen-bond donors (Lipinski definition) is 1. The van der Waals surface area contributed by atoms with Gasteiger partial charge in [0, 0.05) is 6.07 Å². The highest BCUT2D eigenvalue weighted by atomic mass is 32.1. The van der Waals surface area contributed by atoms with E-state index >= 15 is 0 Å². The third kappa shape index (κ3) is 2.35. The first-order valence-corrected chi connectivity index (χ1v) is 5.29. The fourth-order valence-corrected chi connectivity index (χ4v) is 1.77. The summed E-state index contributed by atoms with van der Waals surface area (Å²) in [6.07, 6.45) is -4.62. The lowest BCUT2D eigenvalue weighted by atomic mass is 10.3. The van der Waals surface area contributed by atoms with Crippen LogP contribution in [0.25, 0.3) is 5.69 Å². The average Bonchev–Trinajstić information content (AvgIpc) is 2.28. The minimum Gasteiger partial charge on any atom is -0.328 e. The highest BCUT2D eigenvalue weighted by molar-refractivity contribution is 7.71. The van der Waals surface area contributed by atoms with Crippen molar-refractivity contribution in [3.8, 4) is 5.69 Å². The Morgan fingerprint density at radius 3 is 2.28 bits per heavy atom. The number of nitrogens with one attached hydrogen (secondary N) is 1. The molecule has 0 aliphatic carbocycles. The molecule has 1 N–H and O–H groups in total. The Morgan fingerprint density at radius 2 is 1.78 bits per heavy atom. The van der Waals surface area contributed by atoms with Gasteiger partial charge in [0.25, 0.3) is 5.56 Å². The van der Waals surface area contributed by atoms with Crippen LogP contribution in [0.4, 0.5) is 13.2 Å². The quantitative estimate of drug-likeness (QED) is 0.810. The molecule has 18 heavy (non-hydrogen) atoms. The molecular weight excluding hydrogens is 265 g/mol. The van der Waals surface area contributed by atoms with Gasteiger partial charge < -0.3 is 4.98 Å². The van der Waals surface area contributed by atoms with Crippen LogP contribution in [0.1, 0.15) is 5.69 Å². The molecule has 0 aliphatic rings. The van der Waals surface area contributed by atoms with Crippen LogP contribution in [-0.2, 0) is 6.18 Å². The number of nitrogens with zero attached hydrogens (tertiary/aromatic N) is 1. The lowest BCUT2D eigenvalue weighted by Crippen LogP contribution is -2.23. The smallest absolute Gasteiger partial charge is 0.328 e. The maximum atomic E-state index is 12.5. The number of hydrogen-bond acceptors (Lipinski definition) is 2. The van der Waals surface area contributed by atoms with Crippen LogP contribution >= 0.6 is 12.2 Å². The van der Waals surface area contributed by atoms with Crippen molar-refractivity contribution in [3.05, 3.63) is 57.2 Å². The summed E-state index contributed by atoms with van der Waals surface area (Å²) in [4.78, 5) is 13.7. The first-order valence-electron chi connectivity index (χ1n) is 4.88. The number of H-pyrrole nitrogens is 1. The highest BCUT2D eigenvalue weighted by Gasteiger charge is 2.32. The lowest BCUT2D eigenvalue weighted by molar-refractivity contribution is -0.141. The van der Waals surface area contributed by atoms with Crippen LogP contribution in [0.3, 0.4) is 0 Å². The maximum Gasteiger partial charge on any atom is 0.431 e. The molecule has 0 saturated carbocycles. The average molecular weight is 272 g/mol. The summed E-state index contributed by atoms with van der Waals surface area (Å²) in [6, 6.07) is 8.70. The van der Waals surface area contributed by atoms with Crippen LogP contribution in [0.15, 0.2) is 41.2 Å². The molecule has 0 unspecified atom stereocenters. The standard InChI is InChI=1S/C11H7F3N2OS/c12-11(13,14)8-6-9(17)16(10(18)15-8)7-4-2-1-3-5-7/h1-6H,(H,15,18). The van der Waals surface area contributed by atoms with E-state index in [9.17, 15) is 18.0 Å². The van der Waals surface area contributed by atoms with Gasteiger partial charge in [-0.25, -0.2) is 0 Å². The number of aromatic amines is 1. The first kappa shape index (κ1) is 12.6. The Bertz CT molecular complexity index is 642. The molecule has 0 aliphatic heterocycles. The Labute approximate surface area is 105 Å². The molecule has 0 amide bonds. The molecule has 1 aromatic carbocycles. The number of para-hydroxylation sites is 1.